The molecule has 0 radical (unpaired) electrons. The molecule has 0 saturated carbocycles. The van der Waals surface area contributed by atoms with Gasteiger partial charge < -0.3 is 5.73 Å². The zero-order valence-corrected chi connectivity index (χ0v) is 9.85. The van der Waals surface area contributed by atoms with Gasteiger partial charge in [-0.05, 0) is 23.8 Å². The fraction of sp³-hybridized carbons (Fsp3) is 0.0833. The summed E-state index contributed by atoms with van der Waals surface area (Å²) in [6.45, 7) is 0. The number of pyridine rings is 1. The SMILES string of the molecule is NNC(c1ccc(Cl)cc1)c1cnccc1N. The van der Waals surface area contributed by atoms with E-state index >= 15 is 0 Å². The number of hydrogen-bond donors (Lipinski definition) is 3. The molecule has 0 spiro atoms. The quantitative estimate of drug-likeness (QED) is 0.573. The molecule has 1 unspecified atom stereocenters. The lowest BCUT2D eigenvalue weighted by Gasteiger charge is -2.18. The summed E-state index contributed by atoms with van der Waals surface area (Å²) in [5.74, 6) is 5.58. The summed E-state index contributed by atoms with van der Waals surface area (Å²) in [6, 6.07) is 8.98. The van der Waals surface area contributed by atoms with E-state index in [2.05, 4.69) is 10.4 Å². The molecule has 1 aromatic carbocycles. The number of halogens is 1. The van der Waals surface area contributed by atoms with E-state index in [-0.39, 0.29) is 6.04 Å². The zero-order valence-electron chi connectivity index (χ0n) is 9.10. The maximum Gasteiger partial charge on any atom is 0.0745 e. The van der Waals surface area contributed by atoms with Crippen molar-refractivity contribution in [3.8, 4) is 0 Å². The number of aromatic nitrogens is 1. The van der Waals surface area contributed by atoms with Crippen LogP contribution in [0.3, 0.4) is 0 Å². The molecular formula is C12H13ClN4. The van der Waals surface area contributed by atoms with Crippen LogP contribution in [0, 0.1) is 0 Å². The maximum atomic E-state index is 5.90. The van der Waals surface area contributed by atoms with Crippen molar-refractivity contribution in [1.29, 1.82) is 0 Å². The van der Waals surface area contributed by atoms with Crippen molar-refractivity contribution in [3.63, 3.8) is 0 Å². The van der Waals surface area contributed by atoms with Gasteiger partial charge in [0.2, 0.25) is 0 Å². The number of nitrogens with zero attached hydrogens (tertiary/aromatic N) is 1. The average molecular weight is 249 g/mol. The molecule has 1 atom stereocenters. The molecule has 0 bridgehead atoms. The highest BCUT2D eigenvalue weighted by atomic mass is 35.5. The van der Waals surface area contributed by atoms with Gasteiger partial charge >= 0.3 is 0 Å². The Balaban J connectivity index is 2.40. The van der Waals surface area contributed by atoms with Gasteiger partial charge in [-0.1, -0.05) is 23.7 Å². The van der Waals surface area contributed by atoms with Crippen LogP contribution >= 0.6 is 11.6 Å². The van der Waals surface area contributed by atoms with Crippen LogP contribution < -0.4 is 17.0 Å². The minimum Gasteiger partial charge on any atom is -0.398 e. The van der Waals surface area contributed by atoms with E-state index in [0.717, 1.165) is 11.1 Å². The van der Waals surface area contributed by atoms with Crippen LogP contribution in [0.5, 0.6) is 0 Å². The Morgan fingerprint density at radius 2 is 1.88 bits per heavy atom. The van der Waals surface area contributed by atoms with Crippen molar-refractivity contribution in [2.75, 3.05) is 5.73 Å². The molecule has 2 aromatic rings. The van der Waals surface area contributed by atoms with E-state index in [0.29, 0.717) is 10.7 Å². The molecule has 2 rings (SSSR count). The van der Waals surface area contributed by atoms with Gasteiger partial charge in [0.05, 0.1) is 6.04 Å². The molecule has 0 aliphatic rings. The molecule has 5 heteroatoms. The third-order valence-electron chi connectivity index (χ3n) is 2.57. The van der Waals surface area contributed by atoms with E-state index in [9.17, 15) is 0 Å². The average Bonchev–Trinajstić information content (AvgIpc) is 2.35. The predicted octanol–water partition coefficient (Wildman–Crippen LogP) is 1.87. The summed E-state index contributed by atoms with van der Waals surface area (Å²) >= 11 is 5.85. The number of nitrogens with two attached hydrogens (primary N) is 2. The first-order chi connectivity index (χ1) is 8.22. The van der Waals surface area contributed by atoms with E-state index in [1.807, 2.05) is 24.3 Å². The molecule has 1 heterocycles. The van der Waals surface area contributed by atoms with Crippen molar-refractivity contribution in [1.82, 2.24) is 10.4 Å². The van der Waals surface area contributed by atoms with E-state index in [1.54, 1.807) is 18.5 Å². The standard InChI is InChI=1S/C12H13ClN4/c13-9-3-1-8(2-4-9)12(17-15)10-7-16-6-5-11(10)14/h1-7,12,17H,15H2,(H2,14,16). The van der Waals surface area contributed by atoms with Gasteiger partial charge in [0, 0.05) is 28.7 Å². The number of hydrazine groups is 1. The Kier molecular flexibility index (Phi) is 3.58. The summed E-state index contributed by atoms with van der Waals surface area (Å²) < 4.78 is 0. The topological polar surface area (TPSA) is 77.0 Å². The summed E-state index contributed by atoms with van der Waals surface area (Å²) in [6.07, 6.45) is 3.35. The van der Waals surface area contributed by atoms with Gasteiger partial charge in [-0.3, -0.25) is 10.8 Å². The highest BCUT2D eigenvalue weighted by molar-refractivity contribution is 6.30. The summed E-state index contributed by atoms with van der Waals surface area (Å²) in [5.41, 5.74) is 11.1. The minimum absolute atomic E-state index is 0.194. The number of rotatable bonds is 3. The Labute approximate surface area is 105 Å². The molecule has 0 aliphatic carbocycles. The molecule has 0 aliphatic heterocycles. The molecule has 17 heavy (non-hydrogen) atoms. The molecule has 0 fully saturated rings. The fourth-order valence-corrected chi connectivity index (χ4v) is 1.81. The van der Waals surface area contributed by atoms with Crippen LogP contribution in [-0.2, 0) is 0 Å². The number of nitrogens with one attached hydrogen (secondary N) is 1. The lowest BCUT2D eigenvalue weighted by atomic mass is 10.00. The first-order valence-corrected chi connectivity index (χ1v) is 5.51. The Morgan fingerprint density at radius 3 is 2.47 bits per heavy atom. The van der Waals surface area contributed by atoms with Crippen LogP contribution in [0.4, 0.5) is 5.69 Å². The summed E-state index contributed by atoms with van der Waals surface area (Å²) in [4.78, 5) is 4.06. The summed E-state index contributed by atoms with van der Waals surface area (Å²) in [5, 5.41) is 0.684. The van der Waals surface area contributed by atoms with Gasteiger partial charge in [0.1, 0.15) is 0 Å². The second-order valence-corrected chi connectivity index (χ2v) is 4.09. The van der Waals surface area contributed by atoms with Gasteiger partial charge in [-0.25, -0.2) is 5.43 Å². The molecular weight excluding hydrogens is 236 g/mol. The van der Waals surface area contributed by atoms with E-state index in [4.69, 9.17) is 23.2 Å². The van der Waals surface area contributed by atoms with E-state index < -0.39 is 0 Å². The molecule has 88 valence electrons. The van der Waals surface area contributed by atoms with Crippen molar-refractivity contribution in [3.05, 3.63) is 58.9 Å². The molecule has 0 amide bonds. The van der Waals surface area contributed by atoms with E-state index in [1.165, 1.54) is 0 Å². The molecule has 0 saturated heterocycles. The first kappa shape index (κ1) is 11.9. The van der Waals surface area contributed by atoms with Gasteiger partial charge in [0.25, 0.3) is 0 Å². The highest BCUT2D eigenvalue weighted by Crippen LogP contribution is 2.25. The lowest BCUT2D eigenvalue weighted by molar-refractivity contribution is 0.636. The summed E-state index contributed by atoms with van der Waals surface area (Å²) in [7, 11) is 0. The van der Waals surface area contributed by atoms with Gasteiger partial charge in [0.15, 0.2) is 0 Å². The third kappa shape index (κ3) is 2.55. The Morgan fingerprint density at radius 1 is 1.18 bits per heavy atom. The largest absolute Gasteiger partial charge is 0.398 e. The number of hydrogen-bond acceptors (Lipinski definition) is 4. The van der Waals surface area contributed by atoms with Gasteiger partial charge in [-0.2, -0.15) is 0 Å². The fourth-order valence-electron chi connectivity index (χ4n) is 1.68. The normalized spacial score (nSPS) is 12.4. The van der Waals surface area contributed by atoms with Crippen LogP contribution in [0.15, 0.2) is 42.7 Å². The van der Waals surface area contributed by atoms with Crippen LogP contribution in [0.25, 0.3) is 0 Å². The van der Waals surface area contributed by atoms with Crippen LogP contribution in [0.2, 0.25) is 5.02 Å². The Bertz CT molecular complexity index is 498. The van der Waals surface area contributed by atoms with Crippen LogP contribution in [0.1, 0.15) is 17.2 Å². The smallest absolute Gasteiger partial charge is 0.0745 e. The number of nitrogen functional groups attached to an aromatic ring is 1. The highest BCUT2D eigenvalue weighted by Gasteiger charge is 2.14. The van der Waals surface area contributed by atoms with Crippen molar-refractivity contribution in [2.24, 2.45) is 5.84 Å². The Hall–Kier alpha value is -1.62. The minimum atomic E-state index is -0.194. The van der Waals surface area contributed by atoms with Crippen molar-refractivity contribution in [2.45, 2.75) is 6.04 Å². The number of anilines is 1. The first-order valence-electron chi connectivity index (χ1n) is 5.13. The molecule has 5 N–H and O–H groups in total. The number of benzene rings is 1. The molecule has 4 nitrogen and oxygen atoms in total. The van der Waals surface area contributed by atoms with Gasteiger partial charge in [-0.15, -0.1) is 0 Å². The third-order valence-corrected chi connectivity index (χ3v) is 2.82. The van der Waals surface area contributed by atoms with Crippen LogP contribution in [-0.4, -0.2) is 4.98 Å². The molecule has 1 aromatic heterocycles. The second kappa shape index (κ2) is 5.14. The van der Waals surface area contributed by atoms with Crippen molar-refractivity contribution < 1.29 is 0 Å². The second-order valence-electron chi connectivity index (χ2n) is 3.66. The van der Waals surface area contributed by atoms with Crippen molar-refractivity contribution >= 4 is 17.3 Å². The zero-order chi connectivity index (χ0) is 12.3. The maximum absolute atomic E-state index is 5.90. The lowest BCUT2D eigenvalue weighted by Crippen LogP contribution is -2.29. The predicted molar refractivity (Wildman–Crippen MR) is 69.3 cm³/mol. The monoisotopic (exact) mass is 248 g/mol.